The highest BCUT2D eigenvalue weighted by molar-refractivity contribution is 9.10. The van der Waals surface area contributed by atoms with Gasteiger partial charge >= 0.3 is 6.03 Å². The third-order valence-electron chi connectivity index (χ3n) is 3.70. The van der Waals surface area contributed by atoms with Crippen LogP contribution >= 0.6 is 27.7 Å². The summed E-state index contributed by atoms with van der Waals surface area (Å²) >= 11 is 5.35. The molecular formula is C17H19BrN4OS. The SMILES string of the molecule is O=C(NCc1ccnc(N2CCSCC2)c1)Nc1ccc(Br)cc1. The van der Waals surface area contributed by atoms with E-state index in [1.807, 2.05) is 42.1 Å². The van der Waals surface area contributed by atoms with Crippen LogP contribution in [-0.4, -0.2) is 35.6 Å². The second kappa shape index (κ2) is 8.39. The second-order valence-corrected chi connectivity index (χ2v) is 7.58. The largest absolute Gasteiger partial charge is 0.355 e. The summed E-state index contributed by atoms with van der Waals surface area (Å²) in [5.41, 5.74) is 1.81. The second-order valence-electron chi connectivity index (χ2n) is 5.44. The van der Waals surface area contributed by atoms with Crippen LogP contribution in [0.25, 0.3) is 0 Å². The molecule has 5 nitrogen and oxygen atoms in total. The van der Waals surface area contributed by atoms with Gasteiger partial charge in [-0.15, -0.1) is 0 Å². The highest BCUT2D eigenvalue weighted by Gasteiger charge is 2.12. The lowest BCUT2D eigenvalue weighted by atomic mass is 10.2. The summed E-state index contributed by atoms with van der Waals surface area (Å²) in [7, 11) is 0. The number of halogens is 1. The first-order valence-corrected chi connectivity index (χ1v) is 9.73. The minimum atomic E-state index is -0.218. The third-order valence-corrected chi connectivity index (χ3v) is 5.17. The molecule has 1 aliphatic rings. The van der Waals surface area contributed by atoms with Gasteiger partial charge in [0, 0.05) is 47.5 Å². The quantitative estimate of drug-likeness (QED) is 0.811. The van der Waals surface area contributed by atoms with E-state index in [1.54, 1.807) is 6.20 Å². The number of anilines is 2. The molecule has 0 spiro atoms. The summed E-state index contributed by atoms with van der Waals surface area (Å²) in [4.78, 5) is 18.7. The van der Waals surface area contributed by atoms with E-state index < -0.39 is 0 Å². The maximum absolute atomic E-state index is 12.0. The first-order valence-electron chi connectivity index (χ1n) is 7.79. The van der Waals surface area contributed by atoms with E-state index in [-0.39, 0.29) is 6.03 Å². The fourth-order valence-corrected chi connectivity index (χ4v) is 3.59. The van der Waals surface area contributed by atoms with Crippen molar-refractivity contribution >= 4 is 45.2 Å². The molecule has 1 aliphatic heterocycles. The van der Waals surface area contributed by atoms with Gasteiger partial charge in [0.05, 0.1) is 0 Å². The van der Waals surface area contributed by atoms with E-state index in [9.17, 15) is 4.79 Å². The van der Waals surface area contributed by atoms with Crippen LogP contribution in [0.4, 0.5) is 16.3 Å². The number of pyridine rings is 1. The van der Waals surface area contributed by atoms with Crippen molar-refractivity contribution in [2.45, 2.75) is 6.54 Å². The molecule has 0 saturated carbocycles. The van der Waals surface area contributed by atoms with Gasteiger partial charge in [-0.05, 0) is 42.0 Å². The van der Waals surface area contributed by atoms with Gasteiger partial charge in [-0.1, -0.05) is 15.9 Å². The van der Waals surface area contributed by atoms with Gasteiger partial charge in [-0.3, -0.25) is 0 Å². The molecule has 126 valence electrons. The third kappa shape index (κ3) is 4.88. The molecule has 7 heteroatoms. The Morgan fingerprint density at radius 1 is 1.21 bits per heavy atom. The summed E-state index contributed by atoms with van der Waals surface area (Å²) in [6, 6.07) is 11.2. The fourth-order valence-electron chi connectivity index (χ4n) is 2.43. The van der Waals surface area contributed by atoms with Crippen molar-refractivity contribution in [3.8, 4) is 0 Å². The Labute approximate surface area is 154 Å². The molecule has 2 aromatic rings. The van der Waals surface area contributed by atoms with Gasteiger partial charge in [-0.25, -0.2) is 9.78 Å². The molecule has 2 heterocycles. The smallest absolute Gasteiger partial charge is 0.319 e. The number of aromatic nitrogens is 1. The number of amides is 2. The van der Waals surface area contributed by atoms with Crippen LogP contribution < -0.4 is 15.5 Å². The molecule has 0 radical (unpaired) electrons. The van der Waals surface area contributed by atoms with E-state index in [4.69, 9.17) is 0 Å². The highest BCUT2D eigenvalue weighted by atomic mass is 79.9. The molecule has 2 N–H and O–H groups in total. The lowest BCUT2D eigenvalue weighted by molar-refractivity contribution is 0.251. The topological polar surface area (TPSA) is 57.3 Å². The van der Waals surface area contributed by atoms with Crippen LogP contribution in [0.5, 0.6) is 0 Å². The van der Waals surface area contributed by atoms with Crippen LogP contribution in [0.1, 0.15) is 5.56 Å². The molecule has 1 fully saturated rings. The number of urea groups is 1. The van der Waals surface area contributed by atoms with Crippen molar-refractivity contribution in [2.24, 2.45) is 0 Å². The number of nitrogens with zero attached hydrogens (tertiary/aromatic N) is 2. The Morgan fingerprint density at radius 3 is 2.71 bits per heavy atom. The van der Waals surface area contributed by atoms with Crippen LogP contribution in [0.3, 0.4) is 0 Å². The number of benzene rings is 1. The number of nitrogens with one attached hydrogen (secondary N) is 2. The standard InChI is InChI=1S/C17H19BrN4OS/c18-14-1-3-15(4-2-14)21-17(23)20-12-13-5-6-19-16(11-13)22-7-9-24-10-8-22/h1-6,11H,7-10,12H2,(H2,20,21,23). The van der Waals surface area contributed by atoms with E-state index in [0.717, 1.165) is 46.1 Å². The lowest BCUT2D eigenvalue weighted by Crippen LogP contribution is -2.33. The van der Waals surface area contributed by atoms with Gasteiger partial charge in [-0.2, -0.15) is 11.8 Å². The number of thioether (sulfide) groups is 1. The number of hydrogen-bond donors (Lipinski definition) is 2. The Balaban J connectivity index is 1.54. The molecule has 0 bridgehead atoms. The molecule has 0 aliphatic carbocycles. The summed E-state index contributed by atoms with van der Waals surface area (Å²) in [6.45, 7) is 2.53. The van der Waals surface area contributed by atoms with Crippen LogP contribution in [0.2, 0.25) is 0 Å². The lowest BCUT2D eigenvalue weighted by Gasteiger charge is -2.27. The molecule has 1 aromatic carbocycles. The van der Waals surface area contributed by atoms with E-state index in [0.29, 0.717) is 6.54 Å². The molecular weight excluding hydrogens is 388 g/mol. The zero-order chi connectivity index (χ0) is 16.8. The van der Waals surface area contributed by atoms with Crippen LogP contribution in [-0.2, 0) is 6.54 Å². The van der Waals surface area contributed by atoms with Crippen molar-refractivity contribution < 1.29 is 4.79 Å². The van der Waals surface area contributed by atoms with Gasteiger partial charge in [0.1, 0.15) is 5.82 Å². The maximum Gasteiger partial charge on any atom is 0.319 e. The van der Waals surface area contributed by atoms with Crippen molar-refractivity contribution in [2.75, 3.05) is 34.8 Å². The van der Waals surface area contributed by atoms with Gasteiger partial charge in [0.2, 0.25) is 0 Å². The Morgan fingerprint density at radius 2 is 1.96 bits per heavy atom. The minimum absolute atomic E-state index is 0.218. The predicted molar refractivity (Wildman–Crippen MR) is 104 cm³/mol. The molecule has 0 atom stereocenters. The zero-order valence-electron chi connectivity index (χ0n) is 13.2. The molecule has 24 heavy (non-hydrogen) atoms. The first kappa shape index (κ1) is 17.1. The van der Waals surface area contributed by atoms with Crippen molar-refractivity contribution in [3.63, 3.8) is 0 Å². The van der Waals surface area contributed by atoms with Crippen molar-refractivity contribution in [1.82, 2.24) is 10.3 Å². The molecule has 1 aromatic heterocycles. The number of carbonyl (C=O) groups excluding carboxylic acids is 1. The molecule has 3 rings (SSSR count). The summed E-state index contributed by atoms with van der Waals surface area (Å²) in [5.74, 6) is 3.27. The maximum atomic E-state index is 12.0. The van der Waals surface area contributed by atoms with Crippen molar-refractivity contribution in [1.29, 1.82) is 0 Å². The van der Waals surface area contributed by atoms with E-state index in [1.165, 1.54) is 0 Å². The average molecular weight is 407 g/mol. The molecule has 0 unspecified atom stereocenters. The monoisotopic (exact) mass is 406 g/mol. The Kier molecular flexibility index (Phi) is 5.98. The van der Waals surface area contributed by atoms with Crippen LogP contribution in [0.15, 0.2) is 47.1 Å². The summed E-state index contributed by atoms with van der Waals surface area (Å²) in [5, 5.41) is 5.70. The van der Waals surface area contributed by atoms with E-state index >= 15 is 0 Å². The average Bonchev–Trinajstić information content (AvgIpc) is 2.63. The van der Waals surface area contributed by atoms with Gasteiger partial charge in [0.15, 0.2) is 0 Å². The summed E-state index contributed by atoms with van der Waals surface area (Å²) in [6.07, 6.45) is 1.81. The first-order chi connectivity index (χ1) is 11.7. The normalized spacial score (nSPS) is 14.3. The number of hydrogen-bond acceptors (Lipinski definition) is 4. The number of rotatable bonds is 4. The highest BCUT2D eigenvalue weighted by Crippen LogP contribution is 2.18. The molecule has 2 amide bonds. The predicted octanol–water partition coefficient (Wildman–Crippen LogP) is 3.72. The Hall–Kier alpha value is -1.73. The summed E-state index contributed by atoms with van der Waals surface area (Å²) < 4.78 is 0.980. The van der Waals surface area contributed by atoms with Gasteiger partial charge in [0.25, 0.3) is 0 Å². The zero-order valence-corrected chi connectivity index (χ0v) is 15.6. The minimum Gasteiger partial charge on any atom is -0.355 e. The van der Waals surface area contributed by atoms with Gasteiger partial charge < -0.3 is 15.5 Å². The number of carbonyl (C=O) groups is 1. The van der Waals surface area contributed by atoms with E-state index in [2.05, 4.69) is 42.5 Å². The Bertz CT molecular complexity index is 689. The van der Waals surface area contributed by atoms with Crippen LogP contribution in [0, 0.1) is 0 Å². The van der Waals surface area contributed by atoms with Crippen molar-refractivity contribution in [3.05, 3.63) is 52.6 Å². The molecule has 1 saturated heterocycles. The fraction of sp³-hybridized carbons (Fsp3) is 0.294.